The lowest BCUT2D eigenvalue weighted by atomic mass is 9.66. The van der Waals surface area contributed by atoms with Gasteiger partial charge in [0.15, 0.2) is 0 Å². The molecule has 0 saturated heterocycles. The van der Waals surface area contributed by atoms with Crippen LogP contribution in [0.25, 0.3) is 0 Å². The minimum Gasteiger partial charge on any atom is -0.0651 e. The Morgan fingerprint density at radius 3 is 1.52 bits per heavy atom. The molecular formula is C27H52. The molecule has 2 rings (SSSR count). The van der Waals surface area contributed by atoms with E-state index in [9.17, 15) is 0 Å². The van der Waals surface area contributed by atoms with Crippen LogP contribution >= 0.6 is 0 Å². The summed E-state index contributed by atoms with van der Waals surface area (Å²) in [6.07, 6.45) is 27.1. The van der Waals surface area contributed by atoms with Crippen molar-refractivity contribution in [2.24, 2.45) is 29.1 Å². The summed E-state index contributed by atoms with van der Waals surface area (Å²) in [5, 5.41) is 0. The molecule has 2 unspecified atom stereocenters. The van der Waals surface area contributed by atoms with Crippen LogP contribution in [-0.2, 0) is 0 Å². The van der Waals surface area contributed by atoms with Gasteiger partial charge in [-0.2, -0.15) is 0 Å². The van der Waals surface area contributed by atoms with Gasteiger partial charge in [-0.15, -0.1) is 0 Å². The lowest BCUT2D eigenvalue weighted by molar-refractivity contribution is 0.115. The lowest BCUT2D eigenvalue weighted by Crippen LogP contribution is -2.28. The lowest BCUT2D eigenvalue weighted by Gasteiger charge is -2.40. The first kappa shape index (κ1) is 23.3. The van der Waals surface area contributed by atoms with Crippen LogP contribution in [0, 0.1) is 29.1 Å². The molecule has 2 aliphatic rings. The second-order valence-corrected chi connectivity index (χ2v) is 11.3. The van der Waals surface area contributed by atoms with Crippen molar-refractivity contribution in [2.75, 3.05) is 0 Å². The van der Waals surface area contributed by atoms with Gasteiger partial charge in [-0.25, -0.2) is 0 Å². The van der Waals surface area contributed by atoms with E-state index >= 15 is 0 Å². The largest absolute Gasteiger partial charge is 0.0651 e. The average Bonchev–Trinajstić information content (AvgIpc) is 2.66. The number of hydrogen-bond acceptors (Lipinski definition) is 0. The maximum Gasteiger partial charge on any atom is -0.0354 e. The van der Waals surface area contributed by atoms with Crippen molar-refractivity contribution in [3.8, 4) is 0 Å². The highest BCUT2D eigenvalue weighted by atomic mass is 14.4. The molecule has 0 heterocycles. The SMILES string of the molecule is CCC1CCCCCCCCCCC(C2CCC(C(C)(C)C)CC2)CCC1. The predicted molar refractivity (Wildman–Crippen MR) is 122 cm³/mol. The van der Waals surface area contributed by atoms with Crippen LogP contribution in [0.4, 0.5) is 0 Å². The molecule has 0 aromatic rings. The normalized spacial score (nSPS) is 33.8. The fourth-order valence-electron chi connectivity index (χ4n) is 6.19. The van der Waals surface area contributed by atoms with Crippen LogP contribution in [0.2, 0.25) is 0 Å². The van der Waals surface area contributed by atoms with E-state index in [0.29, 0.717) is 5.41 Å². The topological polar surface area (TPSA) is 0 Å². The molecule has 2 atom stereocenters. The van der Waals surface area contributed by atoms with E-state index in [1.165, 1.54) is 103 Å². The zero-order valence-corrected chi connectivity index (χ0v) is 19.5. The first-order valence-corrected chi connectivity index (χ1v) is 13.0. The summed E-state index contributed by atoms with van der Waals surface area (Å²) in [4.78, 5) is 0. The summed E-state index contributed by atoms with van der Waals surface area (Å²) in [6.45, 7) is 9.83. The number of rotatable bonds is 2. The van der Waals surface area contributed by atoms with Crippen molar-refractivity contribution < 1.29 is 0 Å². The first-order chi connectivity index (χ1) is 13.0. The minimum atomic E-state index is 0.529. The Hall–Kier alpha value is 0. The van der Waals surface area contributed by atoms with Gasteiger partial charge in [-0.3, -0.25) is 0 Å². The Morgan fingerprint density at radius 1 is 0.519 bits per heavy atom. The molecule has 0 aromatic carbocycles. The predicted octanol–water partition coefficient (Wildman–Crippen LogP) is 9.57. The van der Waals surface area contributed by atoms with E-state index in [2.05, 4.69) is 27.7 Å². The molecule has 0 nitrogen and oxygen atoms in total. The molecule has 2 saturated carbocycles. The van der Waals surface area contributed by atoms with Gasteiger partial charge < -0.3 is 0 Å². The second-order valence-electron chi connectivity index (χ2n) is 11.3. The third-order valence-electron chi connectivity index (χ3n) is 8.37. The quantitative estimate of drug-likeness (QED) is 0.450. The Kier molecular flexibility index (Phi) is 10.8. The van der Waals surface area contributed by atoms with Crippen LogP contribution in [-0.4, -0.2) is 0 Å². The van der Waals surface area contributed by atoms with Gasteiger partial charge in [-0.1, -0.05) is 118 Å². The molecule has 0 bridgehead atoms. The van der Waals surface area contributed by atoms with Crippen molar-refractivity contribution in [3.63, 3.8) is 0 Å². The van der Waals surface area contributed by atoms with Gasteiger partial charge in [0.2, 0.25) is 0 Å². The third kappa shape index (κ3) is 8.91. The molecule has 0 aromatic heterocycles. The molecule has 0 N–H and O–H groups in total. The van der Waals surface area contributed by atoms with E-state index in [0.717, 1.165) is 23.7 Å². The summed E-state index contributed by atoms with van der Waals surface area (Å²) in [7, 11) is 0. The second kappa shape index (κ2) is 12.5. The van der Waals surface area contributed by atoms with Crippen LogP contribution in [0.3, 0.4) is 0 Å². The maximum atomic E-state index is 2.47. The molecule has 0 radical (unpaired) electrons. The minimum absolute atomic E-state index is 0.529. The van der Waals surface area contributed by atoms with Crippen molar-refractivity contribution in [1.82, 2.24) is 0 Å². The average molecular weight is 377 g/mol. The van der Waals surface area contributed by atoms with Gasteiger partial charge in [0.25, 0.3) is 0 Å². The fraction of sp³-hybridized carbons (Fsp3) is 1.00. The highest BCUT2D eigenvalue weighted by Crippen LogP contribution is 2.44. The van der Waals surface area contributed by atoms with Crippen LogP contribution in [0.5, 0.6) is 0 Å². The van der Waals surface area contributed by atoms with Gasteiger partial charge in [-0.05, 0) is 54.8 Å². The van der Waals surface area contributed by atoms with E-state index < -0.39 is 0 Å². The molecule has 0 aliphatic heterocycles. The van der Waals surface area contributed by atoms with Crippen molar-refractivity contribution in [1.29, 1.82) is 0 Å². The van der Waals surface area contributed by atoms with Gasteiger partial charge in [0.05, 0.1) is 0 Å². The molecule has 160 valence electrons. The van der Waals surface area contributed by atoms with Gasteiger partial charge in [0, 0.05) is 0 Å². The van der Waals surface area contributed by atoms with Crippen molar-refractivity contribution in [3.05, 3.63) is 0 Å². The first-order valence-electron chi connectivity index (χ1n) is 13.0. The van der Waals surface area contributed by atoms with E-state index in [1.807, 2.05) is 0 Å². The molecular weight excluding hydrogens is 324 g/mol. The van der Waals surface area contributed by atoms with Crippen LogP contribution in [0.15, 0.2) is 0 Å². The van der Waals surface area contributed by atoms with Gasteiger partial charge in [0.1, 0.15) is 0 Å². The molecule has 0 amide bonds. The van der Waals surface area contributed by atoms with Crippen LogP contribution in [0.1, 0.15) is 143 Å². The zero-order valence-electron chi connectivity index (χ0n) is 19.5. The van der Waals surface area contributed by atoms with E-state index in [4.69, 9.17) is 0 Å². The highest BCUT2D eigenvalue weighted by Gasteiger charge is 2.32. The Labute approximate surface area is 172 Å². The zero-order chi connectivity index (χ0) is 19.5. The Morgan fingerprint density at radius 2 is 0.963 bits per heavy atom. The van der Waals surface area contributed by atoms with E-state index in [1.54, 1.807) is 12.8 Å². The smallest absolute Gasteiger partial charge is 0.0354 e. The molecule has 2 fully saturated rings. The van der Waals surface area contributed by atoms with Gasteiger partial charge >= 0.3 is 0 Å². The number of hydrogen-bond donors (Lipinski definition) is 0. The van der Waals surface area contributed by atoms with E-state index in [-0.39, 0.29) is 0 Å². The van der Waals surface area contributed by atoms with Crippen molar-refractivity contribution in [2.45, 2.75) is 143 Å². The molecule has 27 heavy (non-hydrogen) atoms. The third-order valence-corrected chi connectivity index (χ3v) is 8.37. The standard InChI is InChI=1S/C27H52/c1-5-23-15-12-10-8-6-7-9-11-13-17-24(18-14-16-23)25-19-21-26(22-20-25)27(2,3)4/h23-26H,5-22H2,1-4H3. The maximum absolute atomic E-state index is 2.47. The Balaban J connectivity index is 1.86. The fourth-order valence-corrected chi connectivity index (χ4v) is 6.19. The van der Waals surface area contributed by atoms with Crippen molar-refractivity contribution >= 4 is 0 Å². The Bertz CT molecular complexity index is 355. The summed E-state index contributed by atoms with van der Waals surface area (Å²) >= 11 is 0. The molecule has 0 heteroatoms. The summed E-state index contributed by atoms with van der Waals surface area (Å²) in [6, 6.07) is 0. The van der Waals surface area contributed by atoms with Crippen LogP contribution < -0.4 is 0 Å². The highest BCUT2D eigenvalue weighted by molar-refractivity contribution is 4.83. The monoisotopic (exact) mass is 376 g/mol. The summed E-state index contributed by atoms with van der Waals surface area (Å²) in [5.74, 6) is 4.10. The molecule has 0 spiro atoms. The molecule has 2 aliphatic carbocycles. The summed E-state index contributed by atoms with van der Waals surface area (Å²) < 4.78 is 0. The summed E-state index contributed by atoms with van der Waals surface area (Å²) in [5.41, 5.74) is 0.529.